The Morgan fingerprint density at radius 2 is 2.27 bits per heavy atom. The number of anilines is 1. The molecule has 1 amide bonds. The smallest absolute Gasteiger partial charge is 0.411 e. The lowest BCUT2D eigenvalue weighted by atomic mass is 10.1. The molecule has 0 aliphatic heterocycles. The van der Waals surface area contributed by atoms with Crippen molar-refractivity contribution in [3.63, 3.8) is 0 Å². The van der Waals surface area contributed by atoms with Gasteiger partial charge in [-0.2, -0.15) is 0 Å². The Kier molecular flexibility index (Phi) is 2.49. The maximum absolute atomic E-state index is 11.1. The average Bonchev–Trinajstić information content (AvgIpc) is 2.29. The predicted octanol–water partition coefficient (Wildman–Crippen LogP) is 2.41. The van der Waals surface area contributed by atoms with Crippen molar-refractivity contribution < 1.29 is 9.53 Å². The van der Waals surface area contributed by atoms with Crippen molar-refractivity contribution >= 4 is 22.6 Å². The minimum atomic E-state index is -0.473. The molecule has 15 heavy (non-hydrogen) atoms. The number of benzene rings is 1. The van der Waals surface area contributed by atoms with Crippen LogP contribution in [0.4, 0.5) is 10.5 Å². The van der Waals surface area contributed by atoms with Gasteiger partial charge in [-0.25, -0.2) is 4.79 Å². The molecule has 0 saturated heterocycles. The summed E-state index contributed by atoms with van der Waals surface area (Å²) in [6, 6.07) is 7.46. The van der Waals surface area contributed by atoms with Crippen molar-refractivity contribution in [2.75, 3.05) is 12.4 Å². The molecule has 1 aromatic carbocycles. The van der Waals surface area contributed by atoms with Gasteiger partial charge in [0.1, 0.15) is 0 Å². The van der Waals surface area contributed by atoms with Crippen molar-refractivity contribution in [2.24, 2.45) is 0 Å². The first-order valence-electron chi connectivity index (χ1n) is 4.49. The Hall–Kier alpha value is -2.10. The van der Waals surface area contributed by atoms with E-state index >= 15 is 0 Å². The SMILES string of the molecule is COC(=O)Nc1cccc2cnccc12. The third kappa shape index (κ3) is 1.88. The molecule has 0 fully saturated rings. The largest absolute Gasteiger partial charge is 0.453 e. The molecule has 76 valence electrons. The number of nitrogens with one attached hydrogen (secondary N) is 1. The average molecular weight is 202 g/mol. The van der Waals surface area contributed by atoms with E-state index in [2.05, 4.69) is 15.0 Å². The quantitative estimate of drug-likeness (QED) is 0.772. The van der Waals surface area contributed by atoms with Crippen LogP contribution in [0.3, 0.4) is 0 Å². The molecule has 2 rings (SSSR count). The van der Waals surface area contributed by atoms with E-state index in [1.807, 2.05) is 24.3 Å². The third-order valence-corrected chi connectivity index (χ3v) is 2.10. The van der Waals surface area contributed by atoms with Crippen molar-refractivity contribution in [3.05, 3.63) is 36.7 Å². The molecule has 0 aliphatic carbocycles. The zero-order valence-corrected chi connectivity index (χ0v) is 8.23. The molecule has 1 heterocycles. The molecule has 0 bridgehead atoms. The Labute approximate surface area is 86.9 Å². The molecule has 2 aromatic rings. The van der Waals surface area contributed by atoms with E-state index in [0.717, 1.165) is 16.5 Å². The molecule has 0 aliphatic rings. The molecule has 4 nitrogen and oxygen atoms in total. The molecular formula is C11H10N2O2. The lowest BCUT2D eigenvalue weighted by Gasteiger charge is -2.06. The number of ether oxygens (including phenoxy) is 1. The second-order valence-electron chi connectivity index (χ2n) is 3.02. The second-order valence-corrected chi connectivity index (χ2v) is 3.02. The highest BCUT2D eigenvalue weighted by atomic mass is 16.5. The lowest BCUT2D eigenvalue weighted by Crippen LogP contribution is -2.11. The second kappa shape index (κ2) is 3.96. The highest BCUT2D eigenvalue weighted by molar-refractivity contribution is 5.99. The molecule has 0 atom stereocenters. The van der Waals surface area contributed by atoms with Crippen molar-refractivity contribution in [1.82, 2.24) is 4.98 Å². The zero-order chi connectivity index (χ0) is 10.7. The lowest BCUT2D eigenvalue weighted by molar-refractivity contribution is 0.187. The van der Waals surface area contributed by atoms with E-state index in [9.17, 15) is 4.79 Å². The van der Waals surface area contributed by atoms with Gasteiger partial charge in [0.15, 0.2) is 0 Å². The summed E-state index contributed by atoms with van der Waals surface area (Å²) in [5, 5.41) is 4.57. The number of nitrogens with zero attached hydrogens (tertiary/aromatic N) is 1. The topological polar surface area (TPSA) is 51.2 Å². The fraction of sp³-hybridized carbons (Fsp3) is 0.0909. The van der Waals surface area contributed by atoms with Crippen molar-refractivity contribution in [3.8, 4) is 0 Å². The van der Waals surface area contributed by atoms with Crippen LogP contribution >= 0.6 is 0 Å². The van der Waals surface area contributed by atoms with E-state index in [1.165, 1.54) is 7.11 Å². The van der Waals surface area contributed by atoms with Crippen LogP contribution < -0.4 is 5.32 Å². The molecule has 0 saturated carbocycles. The van der Waals surface area contributed by atoms with Crippen LogP contribution in [0.2, 0.25) is 0 Å². The summed E-state index contributed by atoms with van der Waals surface area (Å²) >= 11 is 0. The monoisotopic (exact) mass is 202 g/mol. The maximum Gasteiger partial charge on any atom is 0.411 e. The number of amides is 1. The van der Waals surface area contributed by atoms with Crippen LogP contribution in [-0.2, 0) is 4.74 Å². The van der Waals surface area contributed by atoms with Crippen molar-refractivity contribution in [1.29, 1.82) is 0 Å². The zero-order valence-electron chi connectivity index (χ0n) is 8.23. The van der Waals surface area contributed by atoms with Gasteiger partial charge >= 0.3 is 6.09 Å². The van der Waals surface area contributed by atoms with Gasteiger partial charge in [0.25, 0.3) is 0 Å². The van der Waals surface area contributed by atoms with Crippen LogP contribution in [0.5, 0.6) is 0 Å². The Morgan fingerprint density at radius 3 is 3.07 bits per heavy atom. The van der Waals surface area contributed by atoms with Gasteiger partial charge in [0, 0.05) is 23.2 Å². The first-order valence-corrected chi connectivity index (χ1v) is 4.49. The summed E-state index contributed by atoms with van der Waals surface area (Å²) in [5.41, 5.74) is 0.724. The minimum Gasteiger partial charge on any atom is -0.453 e. The first kappa shape index (κ1) is 9.45. The van der Waals surface area contributed by atoms with Gasteiger partial charge in [0.2, 0.25) is 0 Å². The molecule has 0 unspecified atom stereocenters. The fourth-order valence-electron chi connectivity index (χ4n) is 1.39. The Balaban J connectivity index is 2.46. The predicted molar refractivity (Wildman–Crippen MR) is 57.8 cm³/mol. The molecule has 4 heteroatoms. The summed E-state index contributed by atoms with van der Waals surface area (Å²) in [7, 11) is 1.34. The first-order chi connectivity index (χ1) is 7.31. The minimum absolute atomic E-state index is 0.473. The summed E-state index contributed by atoms with van der Waals surface area (Å²) in [6.07, 6.45) is 2.96. The normalized spacial score (nSPS) is 9.93. The fourth-order valence-corrected chi connectivity index (χ4v) is 1.39. The summed E-state index contributed by atoms with van der Waals surface area (Å²) in [5.74, 6) is 0. The number of methoxy groups -OCH3 is 1. The molecule has 0 radical (unpaired) electrons. The van der Waals surface area contributed by atoms with Crippen LogP contribution in [0, 0.1) is 0 Å². The van der Waals surface area contributed by atoms with E-state index in [-0.39, 0.29) is 0 Å². The number of fused-ring (bicyclic) bond motifs is 1. The van der Waals surface area contributed by atoms with Gasteiger partial charge in [0.05, 0.1) is 12.8 Å². The van der Waals surface area contributed by atoms with Crippen LogP contribution in [0.25, 0.3) is 10.8 Å². The number of hydrogen-bond donors (Lipinski definition) is 1. The van der Waals surface area contributed by atoms with E-state index in [0.29, 0.717) is 0 Å². The number of rotatable bonds is 1. The number of pyridine rings is 1. The van der Waals surface area contributed by atoms with Gasteiger partial charge in [-0.15, -0.1) is 0 Å². The molecule has 1 aromatic heterocycles. The molecular weight excluding hydrogens is 192 g/mol. The highest BCUT2D eigenvalue weighted by Gasteiger charge is 2.04. The van der Waals surface area contributed by atoms with E-state index in [4.69, 9.17) is 0 Å². The number of hydrogen-bond acceptors (Lipinski definition) is 3. The summed E-state index contributed by atoms with van der Waals surface area (Å²) in [4.78, 5) is 15.1. The number of carbonyl (C=O) groups is 1. The maximum atomic E-state index is 11.1. The summed E-state index contributed by atoms with van der Waals surface area (Å²) in [6.45, 7) is 0. The van der Waals surface area contributed by atoms with Crippen LogP contribution in [-0.4, -0.2) is 18.2 Å². The number of aromatic nitrogens is 1. The summed E-state index contributed by atoms with van der Waals surface area (Å²) < 4.78 is 4.54. The van der Waals surface area contributed by atoms with E-state index < -0.39 is 6.09 Å². The molecule has 0 spiro atoms. The van der Waals surface area contributed by atoms with Gasteiger partial charge < -0.3 is 4.74 Å². The standard InChI is InChI=1S/C11H10N2O2/c1-15-11(14)13-10-4-2-3-8-7-12-6-5-9(8)10/h2-7H,1H3,(H,13,14). The van der Waals surface area contributed by atoms with Gasteiger partial charge in [-0.3, -0.25) is 10.3 Å². The third-order valence-electron chi connectivity index (χ3n) is 2.10. The number of carbonyl (C=O) groups excluding carboxylic acids is 1. The van der Waals surface area contributed by atoms with Crippen LogP contribution in [0.1, 0.15) is 0 Å². The van der Waals surface area contributed by atoms with Crippen molar-refractivity contribution in [2.45, 2.75) is 0 Å². The van der Waals surface area contributed by atoms with Gasteiger partial charge in [-0.1, -0.05) is 12.1 Å². The Bertz CT molecular complexity index is 491. The Morgan fingerprint density at radius 1 is 1.40 bits per heavy atom. The van der Waals surface area contributed by atoms with Gasteiger partial charge in [-0.05, 0) is 12.1 Å². The molecule has 1 N–H and O–H groups in total. The van der Waals surface area contributed by atoms with E-state index in [1.54, 1.807) is 12.4 Å². The highest BCUT2D eigenvalue weighted by Crippen LogP contribution is 2.21. The van der Waals surface area contributed by atoms with Crippen LogP contribution in [0.15, 0.2) is 36.7 Å².